The van der Waals surface area contributed by atoms with E-state index >= 15 is 0 Å². The molecular weight excluding hydrogens is 248 g/mol. The van der Waals surface area contributed by atoms with E-state index in [1.165, 1.54) is 5.56 Å². The molecule has 0 aliphatic rings. The van der Waals surface area contributed by atoms with Crippen molar-refractivity contribution >= 4 is 11.6 Å². The fourth-order valence-corrected chi connectivity index (χ4v) is 1.81. The Hall–Kier alpha value is -1.51. The van der Waals surface area contributed by atoms with Gasteiger partial charge in [0.05, 0.1) is 0 Å². The molecular formula is C17H28N2O. The Labute approximate surface area is 123 Å². The summed E-state index contributed by atoms with van der Waals surface area (Å²) in [7, 11) is 0. The highest BCUT2D eigenvalue weighted by Crippen LogP contribution is 2.17. The number of carbonyl (C=O) groups is 1. The van der Waals surface area contributed by atoms with Crippen LogP contribution in [0.3, 0.4) is 0 Å². The molecule has 112 valence electrons. The maximum absolute atomic E-state index is 12.1. The van der Waals surface area contributed by atoms with Crippen molar-refractivity contribution in [1.29, 1.82) is 0 Å². The summed E-state index contributed by atoms with van der Waals surface area (Å²) in [5.41, 5.74) is 2.13. The van der Waals surface area contributed by atoms with E-state index in [1.807, 2.05) is 32.9 Å². The summed E-state index contributed by atoms with van der Waals surface area (Å²) in [5, 5.41) is 6.30. The average molecular weight is 276 g/mol. The number of hydrogen-bond donors (Lipinski definition) is 2. The molecule has 0 aromatic heterocycles. The van der Waals surface area contributed by atoms with Gasteiger partial charge < -0.3 is 10.6 Å². The zero-order chi connectivity index (χ0) is 15.3. The minimum Gasteiger partial charge on any atom is -0.374 e. The van der Waals surface area contributed by atoms with Crippen LogP contribution in [0.4, 0.5) is 5.69 Å². The summed E-state index contributed by atoms with van der Waals surface area (Å²) in [5.74, 6) is 0.555. The van der Waals surface area contributed by atoms with Crippen molar-refractivity contribution in [3.05, 3.63) is 29.8 Å². The summed E-state index contributed by atoms with van der Waals surface area (Å²) in [6, 6.07) is 8.03. The third kappa shape index (κ3) is 4.87. The lowest BCUT2D eigenvalue weighted by atomic mass is 10.0. The summed E-state index contributed by atoms with van der Waals surface area (Å²) in [6.07, 6.45) is 0.911. The van der Waals surface area contributed by atoms with E-state index in [0.717, 1.165) is 12.1 Å². The molecule has 1 atom stereocenters. The van der Waals surface area contributed by atoms with E-state index in [-0.39, 0.29) is 17.5 Å². The first-order valence-electron chi connectivity index (χ1n) is 7.43. The number of amides is 1. The average Bonchev–Trinajstić information content (AvgIpc) is 2.38. The molecule has 3 heteroatoms. The normalized spacial score (nSPS) is 13.2. The molecule has 1 aromatic rings. The van der Waals surface area contributed by atoms with Crippen LogP contribution in [0, 0.1) is 0 Å². The molecule has 1 amide bonds. The second-order valence-electron chi connectivity index (χ2n) is 6.37. The first-order chi connectivity index (χ1) is 9.25. The highest BCUT2D eigenvalue weighted by molar-refractivity contribution is 5.84. The van der Waals surface area contributed by atoms with Gasteiger partial charge in [-0.3, -0.25) is 4.79 Å². The minimum atomic E-state index is -0.245. The van der Waals surface area contributed by atoms with Gasteiger partial charge in [-0.25, -0.2) is 0 Å². The summed E-state index contributed by atoms with van der Waals surface area (Å²) in [4.78, 5) is 12.1. The van der Waals surface area contributed by atoms with E-state index in [1.54, 1.807) is 0 Å². The van der Waals surface area contributed by atoms with Gasteiger partial charge >= 0.3 is 0 Å². The second kappa shape index (κ2) is 6.78. The van der Waals surface area contributed by atoms with Gasteiger partial charge in [0.25, 0.3) is 0 Å². The Balaban J connectivity index is 2.61. The number of anilines is 1. The molecule has 20 heavy (non-hydrogen) atoms. The van der Waals surface area contributed by atoms with Gasteiger partial charge in [0.2, 0.25) is 5.91 Å². The fraction of sp³-hybridized carbons (Fsp3) is 0.588. The van der Waals surface area contributed by atoms with Crippen LogP contribution in [-0.2, 0) is 4.79 Å². The topological polar surface area (TPSA) is 41.1 Å². The van der Waals surface area contributed by atoms with Gasteiger partial charge in [-0.2, -0.15) is 0 Å². The quantitative estimate of drug-likeness (QED) is 0.827. The van der Waals surface area contributed by atoms with E-state index in [2.05, 4.69) is 43.5 Å². The Morgan fingerprint density at radius 1 is 1.15 bits per heavy atom. The van der Waals surface area contributed by atoms with Crippen LogP contribution >= 0.6 is 0 Å². The number of nitrogens with one attached hydrogen (secondary N) is 2. The van der Waals surface area contributed by atoms with Gasteiger partial charge in [-0.05, 0) is 50.8 Å². The largest absolute Gasteiger partial charge is 0.374 e. The first kappa shape index (κ1) is 16.5. The Morgan fingerprint density at radius 2 is 1.70 bits per heavy atom. The summed E-state index contributed by atoms with van der Waals surface area (Å²) < 4.78 is 0. The predicted octanol–water partition coefficient (Wildman–Crippen LogP) is 3.92. The van der Waals surface area contributed by atoms with Crippen molar-refractivity contribution in [1.82, 2.24) is 5.32 Å². The molecule has 0 fully saturated rings. The third-order valence-corrected chi connectivity index (χ3v) is 3.70. The Morgan fingerprint density at radius 3 is 2.15 bits per heavy atom. The smallest absolute Gasteiger partial charge is 0.242 e. The third-order valence-electron chi connectivity index (χ3n) is 3.70. The maximum Gasteiger partial charge on any atom is 0.242 e. The Bertz CT molecular complexity index is 435. The highest BCUT2D eigenvalue weighted by atomic mass is 16.2. The van der Waals surface area contributed by atoms with Crippen LogP contribution in [-0.4, -0.2) is 17.5 Å². The minimum absolute atomic E-state index is 0.0322. The van der Waals surface area contributed by atoms with Crippen LogP contribution in [0.15, 0.2) is 24.3 Å². The molecule has 1 unspecified atom stereocenters. The van der Waals surface area contributed by atoms with Crippen LogP contribution in [0.1, 0.15) is 59.4 Å². The molecule has 0 bridgehead atoms. The summed E-state index contributed by atoms with van der Waals surface area (Å²) >= 11 is 0. The molecule has 0 radical (unpaired) electrons. The molecule has 0 spiro atoms. The van der Waals surface area contributed by atoms with Crippen LogP contribution in [0.25, 0.3) is 0 Å². The van der Waals surface area contributed by atoms with Crippen molar-refractivity contribution in [3.63, 3.8) is 0 Å². The predicted molar refractivity (Wildman–Crippen MR) is 86.1 cm³/mol. The fourth-order valence-electron chi connectivity index (χ4n) is 1.81. The van der Waals surface area contributed by atoms with Gasteiger partial charge in [0.15, 0.2) is 0 Å². The lowest BCUT2D eigenvalue weighted by Gasteiger charge is -2.27. The van der Waals surface area contributed by atoms with E-state index in [9.17, 15) is 4.79 Å². The van der Waals surface area contributed by atoms with Crippen LogP contribution < -0.4 is 10.6 Å². The molecule has 0 heterocycles. The van der Waals surface area contributed by atoms with Crippen molar-refractivity contribution < 1.29 is 4.79 Å². The SMILES string of the molecule is CCC(C)(C)NC(=O)C(C)Nc1ccc(C(C)C)cc1. The lowest BCUT2D eigenvalue weighted by Crippen LogP contribution is -2.48. The molecule has 0 aliphatic carbocycles. The number of carbonyl (C=O) groups excluding carboxylic acids is 1. The van der Waals surface area contributed by atoms with E-state index in [4.69, 9.17) is 0 Å². The Kier molecular flexibility index (Phi) is 5.61. The standard InChI is InChI=1S/C17H28N2O/c1-7-17(5,6)19-16(20)13(4)18-15-10-8-14(9-11-15)12(2)3/h8-13,18H,7H2,1-6H3,(H,19,20). The van der Waals surface area contributed by atoms with Crippen molar-refractivity contribution in [2.75, 3.05) is 5.32 Å². The van der Waals surface area contributed by atoms with Gasteiger partial charge in [-0.1, -0.05) is 32.9 Å². The molecule has 0 saturated heterocycles. The van der Waals surface area contributed by atoms with Gasteiger partial charge in [0.1, 0.15) is 6.04 Å². The number of rotatable bonds is 6. The molecule has 0 saturated carbocycles. The first-order valence-corrected chi connectivity index (χ1v) is 7.43. The zero-order valence-electron chi connectivity index (χ0n) is 13.6. The maximum atomic E-state index is 12.1. The van der Waals surface area contributed by atoms with Crippen LogP contribution in [0.2, 0.25) is 0 Å². The van der Waals surface area contributed by atoms with E-state index < -0.39 is 0 Å². The lowest BCUT2D eigenvalue weighted by molar-refractivity contribution is -0.123. The van der Waals surface area contributed by atoms with Crippen molar-refractivity contribution in [2.45, 2.75) is 65.5 Å². The van der Waals surface area contributed by atoms with Crippen molar-refractivity contribution in [3.8, 4) is 0 Å². The molecule has 1 rings (SSSR count). The molecule has 0 aliphatic heterocycles. The number of hydrogen-bond acceptors (Lipinski definition) is 2. The zero-order valence-corrected chi connectivity index (χ0v) is 13.6. The second-order valence-corrected chi connectivity index (χ2v) is 6.37. The number of benzene rings is 1. The van der Waals surface area contributed by atoms with Crippen LogP contribution in [0.5, 0.6) is 0 Å². The highest BCUT2D eigenvalue weighted by Gasteiger charge is 2.21. The summed E-state index contributed by atoms with van der Waals surface area (Å²) in [6.45, 7) is 12.4. The monoisotopic (exact) mass is 276 g/mol. The van der Waals surface area contributed by atoms with Gasteiger partial charge in [0, 0.05) is 11.2 Å². The van der Waals surface area contributed by atoms with Crippen molar-refractivity contribution in [2.24, 2.45) is 0 Å². The molecule has 1 aromatic carbocycles. The molecule has 3 nitrogen and oxygen atoms in total. The molecule has 2 N–H and O–H groups in total. The van der Waals surface area contributed by atoms with E-state index in [0.29, 0.717) is 5.92 Å². The van der Waals surface area contributed by atoms with Gasteiger partial charge in [-0.15, -0.1) is 0 Å².